The van der Waals surface area contributed by atoms with Gasteiger partial charge in [0, 0.05) is 6.04 Å². The highest BCUT2D eigenvalue weighted by atomic mass is 35.5. The highest BCUT2D eigenvalue weighted by Crippen LogP contribution is 2.42. The van der Waals surface area contributed by atoms with Crippen LogP contribution in [-0.4, -0.2) is 35.2 Å². The Morgan fingerprint density at radius 1 is 1.23 bits per heavy atom. The van der Waals surface area contributed by atoms with E-state index in [-0.39, 0.29) is 18.6 Å². The maximum Gasteiger partial charge on any atom is 0.267 e. The van der Waals surface area contributed by atoms with Crippen molar-refractivity contribution in [1.82, 2.24) is 4.90 Å². The maximum absolute atomic E-state index is 13.7. The van der Waals surface area contributed by atoms with Crippen LogP contribution in [0.25, 0.3) is 6.08 Å². The lowest BCUT2D eigenvalue weighted by Gasteiger charge is -2.35. The van der Waals surface area contributed by atoms with Crippen LogP contribution in [0, 0.1) is 18.3 Å². The summed E-state index contributed by atoms with van der Waals surface area (Å²) in [5.41, 5.74) is 1.58. The van der Waals surface area contributed by atoms with Crippen LogP contribution in [0.4, 0.5) is 5.69 Å². The predicted octanol–water partition coefficient (Wildman–Crippen LogP) is 6.93. The molecular formula is C28H29ClN2O3S. The summed E-state index contributed by atoms with van der Waals surface area (Å²) in [6.07, 6.45) is 11.6. The van der Waals surface area contributed by atoms with Gasteiger partial charge in [0.05, 0.1) is 22.2 Å². The number of terminal acetylenes is 1. The first-order chi connectivity index (χ1) is 17.0. The fourth-order valence-electron chi connectivity index (χ4n) is 4.49. The van der Waals surface area contributed by atoms with Gasteiger partial charge in [-0.3, -0.25) is 9.69 Å². The number of para-hydroxylation sites is 1. The van der Waals surface area contributed by atoms with Gasteiger partial charge in [0.25, 0.3) is 5.91 Å². The van der Waals surface area contributed by atoms with Crippen LogP contribution < -0.4 is 9.47 Å². The van der Waals surface area contributed by atoms with Gasteiger partial charge < -0.3 is 9.47 Å². The Labute approximate surface area is 216 Å². The minimum Gasteiger partial charge on any atom is -0.490 e. The molecule has 5 nitrogen and oxygen atoms in total. The average molecular weight is 509 g/mol. The third-order valence-electron chi connectivity index (χ3n) is 6.14. The van der Waals surface area contributed by atoms with Gasteiger partial charge in [-0.15, -0.1) is 6.42 Å². The van der Waals surface area contributed by atoms with E-state index < -0.39 is 0 Å². The van der Waals surface area contributed by atoms with Gasteiger partial charge in [0.15, 0.2) is 16.7 Å². The second-order valence-corrected chi connectivity index (χ2v) is 10.0. The fourth-order valence-corrected chi connectivity index (χ4v) is 5.81. The maximum atomic E-state index is 13.7. The number of aliphatic imine (C=N–C) groups is 1. The summed E-state index contributed by atoms with van der Waals surface area (Å²) in [4.78, 5) is 21.1. The highest BCUT2D eigenvalue weighted by molar-refractivity contribution is 8.18. The van der Waals surface area contributed by atoms with Crippen molar-refractivity contribution in [3.63, 3.8) is 0 Å². The number of halogens is 1. The number of hydrogen-bond donors (Lipinski definition) is 0. The summed E-state index contributed by atoms with van der Waals surface area (Å²) in [7, 11) is 0. The largest absolute Gasteiger partial charge is 0.490 e. The number of hydrogen-bond acceptors (Lipinski definition) is 5. The van der Waals surface area contributed by atoms with Gasteiger partial charge in [-0.2, -0.15) is 0 Å². The number of ether oxygens (including phenoxy) is 2. The summed E-state index contributed by atoms with van der Waals surface area (Å²) in [5, 5.41) is 1.10. The van der Waals surface area contributed by atoms with E-state index in [4.69, 9.17) is 32.5 Å². The molecule has 2 aliphatic rings. The lowest BCUT2D eigenvalue weighted by Crippen LogP contribution is -2.44. The van der Waals surface area contributed by atoms with E-state index in [1.54, 1.807) is 6.07 Å². The molecular weight excluding hydrogens is 480 g/mol. The molecule has 1 amide bonds. The molecule has 182 valence electrons. The fraction of sp³-hybridized carbons (Fsp3) is 0.357. The third kappa shape index (κ3) is 5.86. The van der Waals surface area contributed by atoms with Crippen molar-refractivity contribution in [2.24, 2.45) is 10.9 Å². The monoisotopic (exact) mass is 508 g/mol. The molecule has 1 saturated heterocycles. The van der Waals surface area contributed by atoms with Gasteiger partial charge in [-0.25, -0.2) is 4.99 Å². The van der Waals surface area contributed by atoms with E-state index >= 15 is 0 Å². The minimum absolute atomic E-state index is 0.0230. The van der Waals surface area contributed by atoms with Crippen molar-refractivity contribution in [2.45, 2.75) is 45.6 Å². The highest BCUT2D eigenvalue weighted by Gasteiger charge is 2.41. The molecule has 7 heteroatoms. The SMILES string of the molecule is C#CCOc1c(Cl)cc(/C=C2\SC(=Nc3ccccc3)N([C@@H]3CCCC[C@H]3C)C2=O)cc1OCC. The number of thioether (sulfide) groups is 1. The van der Waals surface area contributed by atoms with Crippen LogP contribution in [0.15, 0.2) is 52.4 Å². The number of amidine groups is 1. The molecule has 2 fully saturated rings. The van der Waals surface area contributed by atoms with Gasteiger partial charge in [-0.1, -0.05) is 55.5 Å². The van der Waals surface area contributed by atoms with Gasteiger partial charge >= 0.3 is 0 Å². The zero-order valence-corrected chi connectivity index (χ0v) is 21.6. The van der Waals surface area contributed by atoms with E-state index in [1.165, 1.54) is 18.2 Å². The molecule has 35 heavy (non-hydrogen) atoms. The van der Waals surface area contributed by atoms with Crippen molar-refractivity contribution in [3.05, 3.63) is 58.0 Å². The quantitative estimate of drug-likeness (QED) is 0.300. The summed E-state index contributed by atoms with van der Waals surface area (Å²) >= 11 is 7.91. The van der Waals surface area contributed by atoms with Crippen molar-refractivity contribution in [3.8, 4) is 23.8 Å². The van der Waals surface area contributed by atoms with E-state index in [0.717, 1.165) is 35.7 Å². The minimum atomic E-state index is -0.0230. The molecule has 0 aromatic heterocycles. The summed E-state index contributed by atoms with van der Waals surface area (Å²) in [5.74, 6) is 3.73. The normalized spacial score (nSPS) is 22.5. The van der Waals surface area contributed by atoms with E-state index in [1.807, 2.05) is 54.3 Å². The standard InChI is InChI=1S/C28H29ClN2O3S/c1-4-15-34-26-22(29)16-20(17-24(26)33-5-2)18-25-27(32)31(23-14-10-9-11-19(23)3)28(35-25)30-21-12-7-6-8-13-21/h1,6-8,12-13,16-19,23H,5,9-11,14-15H2,2-3H3/b25-18-,30-28?/t19-,23-/m1/s1. The third-order valence-corrected chi connectivity index (χ3v) is 7.41. The number of benzene rings is 2. The number of rotatable bonds is 7. The van der Waals surface area contributed by atoms with Gasteiger partial charge in [-0.05, 0) is 73.4 Å². The number of carbonyl (C=O) groups excluding carboxylic acids is 1. The average Bonchev–Trinajstić information content (AvgIpc) is 3.14. The molecule has 0 spiro atoms. The lowest BCUT2D eigenvalue weighted by molar-refractivity contribution is -0.124. The molecule has 4 rings (SSSR count). The molecule has 0 N–H and O–H groups in total. The first-order valence-corrected chi connectivity index (χ1v) is 13.1. The Balaban J connectivity index is 1.72. The zero-order valence-electron chi connectivity index (χ0n) is 20.0. The molecule has 2 aromatic carbocycles. The molecule has 0 bridgehead atoms. The van der Waals surface area contributed by atoms with Crippen molar-refractivity contribution >= 4 is 46.2 Å². The molecule has 1 saturated carbocycles. The van der Waals surface area contributed by atoms with Crippen LogP contribution in [0.1, 0.15) is 45.1 Å². The van der Waals surface area contributed by atoms with E-state index in [0.29, 0.717) is 34.0 Å². The Bertz CT molecular complexity index is 1170. The second-order valence-electron chi connectivity index (χ2n) is 8.60. The van der Waals surface area contributed by atoms with Crippen LogP contribution in [-0.2, 0) is 4.79 Å². The van der Waals surface area contributed by atoms with Crippen LogP contribution in [0.3, 0.4) is 0 Å². The summed E-state index contributed by atoms with van der Waals surface area (Å²) < 4.78 is 11.3. The molecule has 0 unspecified atom stereocenters. The van der Waals surface area contributed by atoms with Crippen LogP contribution in [0.5, 0.6) is 11.5 Å². The van der Waals surface area contributed by atoms with Crippen molar-refractivity contribution in [2.75, 3.05) is 13.2 Å². The molecule has 1 aliphatic carbocycles. The van der Waals surface area contributed by atoms with Gasteiger partial charge in [0.2, 0.25) is 0 Å². The Morgan fingerprint density at radius 2 is 2.00 bits per heavy atom. The smallest absolute Gasteiger partial charge is 0.267 e. The van der Waals surface area contributed by atoms with Crippen molar-refractivity contribution < 1.29 is 14.3 Å². The van der Waals surface area contributed by atoms with Crippen LogP contribution >= 0.6 is 23.4 Å². The van der Waals surface area contributed by atoms with E-state index in [2.05, 4.69) is 12.8 Å². The number of carbonyl (C=O) groups is 1. The van der Waals surface area contributed by atoms with Gasteiger partial charge in [0.1, 0.15) is 6.61 Å². The summed E-state index contributed by atoms with van der Waals surface area (Å²) in [6, 6.07) is 13.5. The lowest BCUT2D eigenvalue weighted by atomic mass is 9.85. The summed E-state index contributed by atoms with van der Waals surface area (Å²) in [6.45, 7) is 4.64. The molecule has 2 atom stereocenters. The Kier molecular flexibility index (Phi) is 8.43. The topological polar surface area (TPSA) is 51.1 Å². The van der Waals surface area contributed by atoms with Crippen molar-refractivity contribution in [1.29, 1.82) is 0 Å². The first kappa shape index (κ1) is 25.2. The first-order valence-electron chi connectivity index (χ1n) is 11.9. The number of nitrogens with zero attached hydrogens (tertiary/aromatic N) is 2. The van der Waals surface area contributed by atoms with Crippen LogP contribution in [0.2, 0.25) is 5.02 Å². The molecule has 0 radical (unpaired) electrons. The molecule has 1 aliphatic heterocycles. The number of amides is 1. The predicted molar refractivity (Wildman–Crippen MR) is 144 cm³/mol. The Morgan fingerprint density at radius 3 is 2.71 bits per heavy atom. The second kappa shape index (κ2) is 11.7. The van der Waals surface area contributed by atoms with E-state index in [9.17, 15) is 4.79 Å². The zero-order chi connectivity index (χ0) is 24.8. The molecule has 1 heterocycles. The molecule has 2 aromatic rings. The Hall–Kier alpha value is -2.88.